The fourth-order valence-electron chi connectivity index (χ4n) is 2.25. The summed E-state index contributed by atoms with van der Waals surface area (Å²) >= 11 is 0. The van der Waals surface area contributed by atoms with Crippen LogP contribution in [0.3, 0.4) is 0 Å². The lowest BCUT2D eigenvalue weighted by Crippen LogP contribution is -2.23. The number of aryl methyl sites for hydroxylation is 1. The van der Waals surface area contributed by atoms with Crippen LogP contribution < -0.4 is 0 Å². The SMILES string of the molecule is CC1(C)CCCc2ccccc21.CO. The van der Waals surface area contributed by atoms with E-state index in [-0.39, 0.29) is 0 Å². The molecule has 1 aliphatic rings. The molecular formula is C13H20O. The predicted octanol–water partition coefficient (Wildman–Crippen LogP) is 2.91. The molecule has 0 saturated carbocycles. The van der Waals surface area contributed by atoms with Gasteiger partial charge in [-0.15, -0.1) is 0 Å². The highest BCUT2D eigenvalue weighted by atomic mass is 16.2. The van der Waals surface area contributed by atoms with E-state index in [9.17, 15) is 0 Å². The summed E-state index contributed by atoms with van der Waals surface area (Å²) in [7, 11) is 1.00. The van der Waals surface area contributed by atoms with Crippen LogP contribution in [0.4, 0.5) is 0 Å². The van der Waals surface area contributed by atoms with Gasteiger partial charge in [-0.05, 0) is 35.8 Å². The molecule has 1 N–H and O–H groups in total. The van der Waals surface area contributed by atoms with Crippen molar-refractivity contribution in [3.8, 4) is 0 Å². The van der Waals surface area contributed by atoms with Gasteiger partial charge in [0.05, 0.1) is 0 Å². The first-order chi connectivity index (χ1) is 6.70. The van der Waals surface area contributed by atoms with Gasteiger partial charge in [0.25, 0.3) is 0 Å². The van der Waals surface area contributed by atoms with E-state index < -0.39 is 0 Å². The van der Waals surface area contributed by atoms with E-state index in [4.69, 9.17) is 5.11 Å². The molecule has 1 aliphatic carbocycles. The lowest BCUT2D eigenvalue weighted by Gasteiger charge is -2.32. The van der Waals surface area contributed by atoms with Gasteiger partial charge in [-0.3, -0.25) is 0 Å². The lowest BCUT2D eigenvalue weighted by molar-refractivity contribution is 0.399. The third kappa shape index (κ3) is 2.16. The van der Waals surface area contributed by atoms with Gasteiger partial charge in [0.15, 0.2) is 0 Å². The van der Waals surface area contributed by atoms with E-state index in [0.29, 0.717) is 5.41 Å². The molecule has 0 heterocycles. The monoisotopic (exact) mass is 192 g/mol. The van der Waals surface area contributed by atoms with Gasteiger partial charge in [-0.1, -0.05) is 38.1 Å². The minimum Gasteiger partial charge on any atom is -0.400 e. The van der Waals surface area contributed by atoms with Crippen LogP contribution in [0.1, 0.15) is 37.8 Å². The highest BCUT2D eigenvalue weighted by Crippen LogP contribution is 2.36. The highest BCUT2D eigenvalue weighted by Gasteiger charge is 2.26. The standard InChI is InChI=1S/C12H16.CH4O/c1-12(2)9-5-7-10-6-3-4-8-11(10)12;1-2/h3-4,6,8H,5,7,9H2,1-2H3;2H,1H3. The van der Waals surface area contributed by atoms with Crippen LogP contribution in [-0.4, -0.2) is 12.2 Å². The van der Waals surface area contributed by atoms with Crippen molar-refractivity contribution in [2.45, 2.75) is 38.5 Å². The summed E-state index contributed by atoms with van der Waals surface area (Å²) in [5, 5.41) is 7.00. The van der Waals surface area contributed by atoms with Gasteiger partial charge in [0.1, 0.15) is 0 Å². The van der Waals surface area contributed by atoms with E-state index in [1.54, 1.807) is 11.1 Å². The molecule has 0 spiro atoms. The summed E-state index contributed by atoms with van der Waals surface area (Å²) in [4.78, 5) is 0. The van der Waals surface area contributed by atoms with Crippen LogP contribution in [0.5, 0.6) is 0 Å². The zero-order chi connectivity index (χ0) is 10.6. The molecule has 78 valence electrons. The Labute approximate surface area is 86.8 Å². The number of hydrogen-bond acceptors (Lipinski definition) is 1. The Hall–Kier alpha value is -0.820. The van der Waals surface area contributed by atoms with Crippen molar-refractivity contribution in [2.75, 3.05) is 7.11 Å². The second-order valence-electron chi connectivity index (χ2n) is 4.39. The molecule has 0 saturated heterocycles. The van der Waals surface area contributed by atoms with E-state index in [1.165, 1.54) is 19.3 Å². The smallest absolute Gasteiger partial charge is 0.0319 e. The molecule has 1 aromatic rings. The molecule has 1 heteroatoms. The number of fused-ring (bicyclic) bond motifs is 1. The molecular weight excluding hydrogens is 172 g/mol. The first-order valence-corrected chi connectivity index (χ1v) is 5.23. The van der Waals surface area contributed by atoms with Crippen molar-refractivity contribution in [3.63, 3.8) is 0 Å². The number of aliphatic hydroxyl groups excluding tert-OH is 1. The molecule has 0 radical (unpaired) electrons. The molecule has 14 heavy (non-hydrogen) atoms. The number of benzene rings is 1. The molecule has 0 fully saturated rings. The van der Waals surface area contributed by atoms with Gasteiger partial charge >= 0.3 is 0 Å². The second-order valence-corrected chi connectivity index (χ2v) is 4.39. The lowest BCUT2D eigenvalue weighted by atomic mass is 9.73. The molecule has 0 atom stereocenters. The molecule has 0 aliphatic heterocycles. The van der Waals surface area contributed by atoms with Crippen LogP contribution in [-0.2, 0) is 11.8 Å². The molecule has 0 bridgehead atoms. The van der Waals surface area contributed by atoms with Gasteiger partial charge in [-0.25, -0.2) is 0 Å². The van der Waals surface area contributed by atoms with Gasteiger partial charge < -0.3 is 5.11 Å². The van der Waals surface area contributed by atoms with Crippen LogP contribution in [0.15, 0.2) is 24.3 Å². The van der Waals surface area contributed by atoms with Crippen molar-refractivity contribution < 1.29 is 5.11 Å². The van der Waals surface area contributed by atoms with Gasteiger partial charge in [0.2, 0.25) is 0 Å². The zero-order valence-corrected chi connectivity index (χ0v) is 9.38. The van der Waals surface area contributed by atoms with Crippen molar-refractivity contribution in [1.29, 1.82) is 0 Å². The molecule has 2 rings (SSSR count). The predicted molar refractivity (Wildman–Crippen MR) is 60.5 cm³/mol. The van der Waals surface area contributed by atoms with Gasteiger partial charge in [0, 0.05) is 7.11 Å². The number of rotatable bonds is 0. The summed E-state index contributed by atoms with van der Waals surface area (Å²) < 4.78 is 0. The Bertz CT molecular complexity index is 289. The average molecular weight is 192 g/mol. The minimum atomic E-state index is 0.412. The van der Waals surface area contributed by atoms with Crippen LogP contribution in [0.2, 0.25) is 0 Å². The van der Waals surface area contributed by atoms with Crippen molar-refractivity contribution >= 4 is 0 Å². The molecule has 0 unspecified atom stereocenters. The molecule has 0 amide bonds. The Kier molecular flexibility index (Phi) is 3.70. The maximum absolute atomic E-state index is 7.00. The van der Waals surface area contributed by atoms with Crippen molar-refractivity contribution in [2.24, 2.45) is 0 Å². The Balaban J connectivity index is 0.000000461. The fraction of sp³-hybridized carbons (Fsp3) is 0.538. The summed E-state index contributed by atoms with van der Waals surface area (Å²) in [5.74, 6) is 0. The minimum absolute atomic E-state index is 0.412. The highest BCUT2D eigenvalue weighted by molar-refractivity contribution is 5.35. The third-order valence-electron chi connectivity index (χ3n) is 2.99. The Morgan fingerprint density at radius 3 is 2.43 bits per heavy atom. The molecule has 1 aromatic carbocycles. The normalized spacial score (nSPS) is 17.7. The number of hydrogen-bond donors (Lipinski definition) is 1. The van der Waals surface area contributed by atoms with E-state index >= 15 is 0 Å². The van der Waals surface area contributed by atoms with E-state index in [0.717, 1.165) is 7.11 Å². The summed E-state index contributed by atoms with van der Waals surface area (Å²) in [6, 6.07) is 8.87. The first-order valence-electron chi connectivity index (χ1n) is 5.23. The summed E-state index contributed by atoms with van der Waals surface area (Å²) in [6.45, 7) is 4.70. The van der Waals surface area contributed by atoms with E-state index in [1.807, 2.05) is 0 Å². The van der Waals surface area contributed by atoms with Crippen molar-refractivity contribution in [1.82, 2.24) is 0 Å². The fourth-order valence-corrected chi connectivity index (χ4v) is 2.25. The zero-order valence-electron chi connectivity index (χ0n) is 9.38. The maximum atomic E-state index is 7.00. The largest absolute Gasteiger partial charge is 0.400 e. The topological polar surface area (TPSA) is 20.2 Å². The molecule has 0 aromatic heterocycles. The number of aliphatic hydroxyl groups is 1. The maximum Gasteiger partial charge on any atom is 0.0319 e. The summed E-state index contributed by atoms with van der Waals surface area (Å²) in [6.07, 6.45) is 3.97. The average Bonchev–Trinajstić information content (AvgIpc) is 2.21. The van der Waals surface area contributed by atoms with Crippen LogP contribution in [0, 0.1) is 0 Å². The van der Waals surface area contributed by atoms with Gasteiger partial charge in [-0.2, -0.15) is 0 Å². The molecule has 1 nitrogen and oxygen atoms in total. The van der Waals surface area contributed by atoms with Crippen LogP contribution in [0.25, 0.3) is 0 Å². The first kappa shape index (κ1) is 11.3. The second kappa shape index (κ2) is 4.61. The van der Waals surface area contributed by atoms with E-state index in [2.05, 4.69) is 38.1 Å². The van der Waals surface area contributed by atoms with Crippen molar-refractivity contribution in [3.05, 3.63) is 35.4 Å². The summed E-state index contributed by atoms with van der Waals surface area (Å²) in [5.41, 5.74) is 3.54. The van der Waals surface area contributed by atoms with Crippen LogP contribution >= 0.6 is 0 Å². The third-order valence-corrected chi connectivity index (χ3v) is 2.99. The Morgan fingerprint density at radius 1 is 1.14 bits per heavy atom. The Morgan fingerprint density at radius 2 is 1.79 bits per heavy atom. The quantitative estimate of drug-likeness (QED) is 0.670.